The maximum Gasteiger partial charge on any atom is 0.294 e. The quantitative estimate of drug-likeness (QED) is 0.226. The summed E-state index contributed by atoms with van der Waals surface area (Å²) in [4.78, 5) is 40.0. The van der Waals surface area contributed by atoms with Crippen LogP contribution < -0.4 is 31.4 Å². The van der Waals surface area contributed by atoms with Crippen LogP contribution in [-0.2, 0) is 17.8 Å². The van der Waals surface area contributed by atoms with Crippen molar-refractivity contribution >= 4 is 54.8 Å². The largest absolute Gasteiger partial charge is 0.497 e. The second-order valence-corrected chi connectivity index (χ2v) is 9.86. The van der Waals surface area contributed by atoms with Gasteiger partial charge in [0.2, 0.25) is 5.91 Å². The summed E-state index contributed by atoms with van der Waals surface area (Å²) in [6.45, 7) is 2.50. The molecule has 5 rings (SSSR count). The van der Waals surface area contributed by atoms with Crippen LogP contribution in [0, 0.1) is 6.92 Å². The highest BCUT2D eigenvalue weighted by Gasteiger charge is 2.31. The summed E-state index contributed by atoms with van der Waals surface area (Å²) in [5.41, 5.74) is 9.55. The Morgan fingerprint density at radius 3 is 2.34 bits per heavy atom. The van der Waals surface area contributed by atoms with Gasteiger partial charge in [0, 0.05) is 42.3 Å². The number of nitrogens with one attached hydrogen (secondary N) is 2. The van der Waals surface area contributed by atoms with E-state index in [1.54, 1.807) is 37.2 Å². The number of nitrogens with zero attached hydrogens (tertiary/aromatic N) is 4. The van der Waals surface area contributed by atoms with Crippen LogP contribution in [0.15, 0.2) is 65.7 Å². The third kappa shape index (κ3) is 7.90. The molecule has 2 atom stereocenters. The third-order valence-electron chi connectivity index (χ3n) is 7.38. The van der Waals surface area contributed by atoms with Gasteiger partial charge in [-0.05, 0) is 61.2 Å². The van der Waals surface area contributed by atoms with Gasteiger partial charge in [-0.2, -0.15) is 0 Å². The minimum atomic E-state index is -0.622. The lowest BCUT2D eigenvalue weighted by Crippen LogP contribution is -2.36. The summed E-state index contributed by atoms with van der Waals surface area (Å²) >= 11 is 0. The molecule has 236 valence electrons. The van der Waals surface area contributed by atoms with Crippen molar-refractivity contribution in [1.82, 2.24) is 24.8 Å². The Labute approximate surface area is 274 Å². The van der Waals surface area contributed by atoms with Crippen molar-refractivity contribution in [2.24, 2.45) is 0 Å². The molecular formula is C30H36Cl3N7O4. The molecule has 0 saturated carbocycles. The number of carbonyl (C=O) groups excluding carboxylic acids is 1. The number of fused-ring (bicyclic) bond motifs is 1. The second-order valence-electron chi connectivity index (χ2n) is 9.86. The van der Waals surface area contributed by atoms with E-state index in [0.29, 0.717) is 37.5 Å². The van der Waals surface area contributed by atoms with Crippen molar-refractivity contribution in [2.45, 2.75) is 38.3 Å². The number of aromatic nitrogens is 4. The lowest BCUT2D eigenvalue weighted by atomic mass is 9.95. The van der Waals surface area contributed by atoms with Crippen molar-refractivity contribution in [3.05, 3.63) is 99.5 Å². The van der Waals surface area contributed by atoms with Crippen LogP contribution in [-0.4, -0.2) is 46.2 Å². The lowest BCUT2D eigenvalue weighted by molar-refractivity contribution is -0.124. The first-order chi connectivity index (χ1) is 19.9. The number of hydrogen-bond acceptors (Lipinski definition) is 9. The highest BCUT2D eigenvalue weighted by molar-refractivity contribution is 5.86. The standard InChI is InChI=1S/C30H33N7O4.3ClH/c1-18-20(6-13-27(31)36-18)14-35-29(38)26-12-7-21-15-33-28(30(39)37(21)26)34-17-24(19-4-8-22(40-2)9-5-19)25-11-10-23(41-3)16-32-25;;;/h4-6,8-11,13,15-16,24,26H,7,12,14,17H2,1-3H3,(H2,31,36)(H,33,34)(H,35,38);3*1H/t24-,26+;;;/m1.../s1. The fourth-order valence-corrected chi connectivity index (χ4v) is 5.05. The predicted molar refractivity (Wildman–Crippen MR) is 177 cm³/mol. The van der Waals surface area contributed by atoms with Crippen LogP contribution in [0.3, 0.4) is 0 Å². The van der Waals surface area contributed by atoms with Gasteiger partial charge in [0.1, 0.15) is 23.4 Å². The molecule has 4 aromatic rings. The van der Waals surface area contributed by atoms with Gasteiger partial charge in [0.05, 0.1) is 20.4 Å². The molecule has 3 aromatic heterocycles. The summed E-state index contributed by atoms with van der Waals surface area (Å²) in [5, 5.41) is 6.18. The topological polar surface area (TPSA) is 146 Å². The molecule has 1 aromatic carbocycles. The van der Waals surface area contributed by atoms with E-state index < -0.39 is 6.04 Å². The Bertz CT molecular complexity index is 1550. The van der Waals surface area contributed by atoms with Crippen LogP contribution >= 0.6 is 37.2 Å². The SMILES string of the molecule is COc1ccc([C@@H](CNc2ncc3n(c2=O)[C@H](C(=O)NCc2ccc(N)nc2C)CC3)c2ccc(OC)cn2)cc1.Cl.Cl.Cl. The predicted octanol–water partition coefficient (Wildman–Crippen LogP) is 4.25. The fraction of sp³-hybridized carbons (Fsp3) is 0.300. The van der Waals surface area contributed by atoms with E-state index in [9.17, 15) is 9.59 Å². The van der Waals surface area contributed by atoms with E-state index in [-0.39, 0.29) is 60.4 Å². The average molecular weight is 665 g/mol. The van der Waals surface area contributed by atoms with Crippen molar-refractivity contribution in [3.63, 3.8) is 0 Å². The molecular weight excluding hydrogens is 629 g/mol. The summed E-state index contributed by atoms with van der Waals surface area (Å²) < 4.78 is 12.1. The molecule has 11 nitrogen and oxygen atoms in total. The first-order valence-corrected chi connectivity index (χ1v) is 13.4. The van der Waals surface area contributed by atoms with Crippen molar-refractivity contribution in [1.29, 1.82) is 0 Å². The number of amides is 1. The maximum atomic E-state index is 13.6. The van der Waals surface area contributed by atoms with Crippen molar-refractivity contribution < 1.29 is 14.3 Å². The number of carbonyl (C=O) groups is 1. The van der Waals surface area contributed by atoms with Crippen molar-refractivity contribution in [3.8, 4) is 11.5 Å². The highest BCUT2D eigenvalue weighted by atomic mass is 35.5. The molecule has 0 saturated heterocycles. The Balaban J connectivity index is 0.00000225. The molecule has 0 bridgehead atoms. The lowest BCUT2D eigenvalue weighted by Gasteiger charge is -2.20. The van der Waals surface area contributed by atoms with E-state index in [1.165, 1.54) is 0 Å². The number of rotatable bonds is 10. The molecule has 0 aliphatic carbocycles. The van der Waals surface area contributed by atoms with Crippen LogP contribution in [0.4, 0.5) is 11.6 Å². The highest BCUT2D eigenvalue weighted by Crippen LogP contribution is 2.28. The van der Waals surface area contributed by atoms with E-state index in [1.807, 2.05) is 49.4 Å². The van der Waals surface area contributed by atoms with E-state index in [0.717, 1.165) is 34.0 Å². The Morgan fingerprint density at radius 2 is 1.70 bits per heavy atom. The molecule has 1 aliphatic heterocycles. The number of pyridine rings is 2. The van der Waals surface area contributed by atoms with Gasteiger partial charge in [-0.1, -0.05) is 18.2 Å². The zero-order valence-corrected chi connectivity index (χ0v) is 26.9. The molecule has 0 radical (unpaired) electrons. The number of methoxy groups -OCH3 is 2. The summed E-state index contributed by atoms with van der Waals surface area (Å²) in [6.07, 6.45) is 4.45. The molecule has 1 aliphatic rings. The van der Waals surface area contributed by atoms with Gasteiger partial charge in [0.15, 0.2) is 5.82 Å². The van der Waals surface area contributed by atoms with Gasteiger partial charge < -0.3 is 25.8 Å². The first kappa shape index (κ1) is 36.1. The Kier molecular flexibility index (Phi) is 13.3. The molecule has 0 fully saturated rings. The van der Waals surface area contributed by atoms with E-state index in [4.69, 9.17) is 15.2 Å². The smallest absolute Gasteiger partial charge is 0.294 e. The number of nitrogen functional groups attached to an aromatic ring is 1. The number of ether oxygens (including phenoxy) is 2. The zero-order chi connectivity index (χ0) is 28.9. The molecule has 14 heteroatoms. The molecule has 0 spiro atoms. The maximum absolute atomic E-state index is 13.6. The summed E-state index contributed by atoms with van der Waals surface area (Å²) in [7, 11) is 3.21. The van der Waals surface area contributed by atoms with Gasteiger partial charge in [0.25, 0.3) is 5.56 Å². The number of halogens is 3. The van der Waals surface area contributed by atoms with Crippen LogP contribution in [0.1, 0.15) is 46.6 Å². The number of nitrogens with two attached hydrogens (primary N) is 1. The number of hydrogen-bond donors (Lipinski definition) is 3. The minimum absolute atomic E-state index is 0. The normalized spacial score (nSPS) is 13.7. The second kappa shape index (κ2) is 16.1. The van der Waals surface area contributed by atoms with Crippen molar-refractivity contribution in [2.75, 3.05) is 31.8 Å². The third-order valence-corrected chi connectivity index (χ3v) is 7.38. The van der Waals surface area contributed by atoms with Gasteiger partial charge in [-0.3, -0.25) is 19.1 Å². The van der Waals surface area contributed by atoms with Crippen LogP contribution in [0.2, 0.25) is 0 Å². The zero-order valence-electron chi connectivity index (χ0n) is 24.5. The molecule has 0 unspecified atom stereocenters. The summed E-state index contributed by atoms with van der Waals surface area (Å²) in [5.74, 6) is 1.59. The number of aryl methyl sites for hydroxylation is 2. The fourth-order valence-electron chi connectivity index (χ4n) is 5.05. The molecule has 44 heavy (non-hydrogen) atoms. The van der Waals surface area contributed by atoms with E-state index in [2.05, 4.69) is 25.6 Å². The van der Waals surface area contributed by atoms with Gasteiger partial charge >= 0.3 is 0 Å². The van der Waals surface area contributed by atoms with Crippen LogP contribution in [0.5, 0.6) is 11.5 Å². The monoisotopic (exact) mass is 663 g/mol. The molecule has 4 heterocycles. The molecule has 4 N–H and O–H groups in total. The van der Waals surface area contributed by atoms with E-state index >= 15 is 0 Å². The van der Waals surface area contributed by atoms with Gasteiger partial charge in [-0.15, -0.1) is 37.2 Å². The number of benzene rings is 1. The first-order valence-electron chi connectivity index (χ1n) is 13.4. The number of anilines is 2. The summed E-state index contributed by atoms with van der Waals surface area (Å²) in [6, 6.07) is 14.4. The Hall–Kier alpha value is -4.06. The van der Waals surface area contributed by atoms with Crippen LogP contribution in [0.25, 0.3) is 0 Å². The average Bonchev–Trinajstić information content (AvgIpc) is 3.43. The minimum Gasteiger partial charge on any atom is -0.497 e. The molecule has 1 amide bonds. The van der Waals surface area contributed by atoms with Gasteiger partial charge in [-0.25, -0.2) is 9.97 Å². The Morgan fingerprint density at radius 1 is 1.00 bits per heavy atom.